The van der Waals surface area contributed by atoms with Crippen LogP contribution in [0.15, 0.2) is 59.2 Å². The standard InChI is InChI=1S/C18H15BrFN3O/c1-12-5-7-13(8-6-12)10-23-11-16(19)17(22-23)21-18(24)14-3-2-4-15(20)9-14/h2-9,11H,10H2,1H3,(H,21,22,24). The Hall–Kier alpha value is -2.47. The van der Waals surface area contributed by atoms with Crippen LogP contribution in [0.5, 0.6) is 0 Å². The molecule has 1 heterocycles. The van der Waals surface area contributed by atoms with E-state index in [0.717, 1.165) is 5.56 Å². The molecule has 3 rings (SSSR count). The molecule has 24 heavy (non-hydrogen) atoms. The number of aromatic nitrogens is 2. The van der Waals surface area contributed by atoms with Gasteiger partial charge in [0, 0.05) is 11.8 Å². The highest BCUT2D eigenvalue weighted by Gasteiger charge is 2.12. The number of hydrogen-bond donors (Lipinski definition) is 1. The molecule has 0 unspecified atom stereocenters. The SMILES string of the molecule is Cc1ccc(Cn2cc(Br)c(NC(=O)c3cccc(F)c3)n2)cc1. The summed E-state index contributed by atoms with van der Waals surface area (Å²) in [6.45, 7) is 2.63. The molecule has 6 heteroatoms. The van der Waals surface area contributed by atoms with Crippen molar-refractivity contribution in [2.75, 3.05) is 5.32 Å². The zero-order valence-corrected chi connectivity index (χ0v) is 14.5. The summed E-state index contributed by atoms with van der Waals surface area (Å²) in [5, 5.41) is 7.04. The summed E-state index contributed by atoms with van der Waals surface area (Å²) in [5.74, 6) is -0.459. The van der Waals surface area contributed by atoms with Crippen LogP contribution in [0.25, 0.3) is 0 Å². The third-order valence-corrected chi connectivity index (χ3v) is 4.08. The minimum atomic E-state index is -0.452. The topological polar surface area (TPSA) is 46.9 Å². The molecule has 0 aliphatic heterocycles. The largest absolute Gasteiger partial charge is 0.304 e. The number of halogens is 2. The quantitative estimate of drug-likeness (QED) is 0.721. The summed E-state index contributed by atoms with van der Waals surface area (Å²) in [6, 6.07) is 13.7. The van der Waals surface area contributed by atoms with Crippen LogP contribution in [-0.2, 0) is 6.54 Å². The first-order chi connectivity index (χ1) is 11.5. The van der Waals surface area contributed by atoms with Crippen LogP contribution in [0, 0.1) is 12.7 Å². The third kappa shape index (κ3) is 3.89. The fourth-order valence-corrected chi connectivity index (χ4v) is 2.67. The van der Waals surface area contributed by atoms with Crippen LogP contribution in [0.4, 0.5) is 10.2 Å². The molecule has 3 aromatic rings. The summed E-state index contributed by atoms with van der Waals surface area (Å²) in [6.07, 6.45) is 1.79. The number of carbonyl (C=O) groups excluding carboxylic acids is 1. The first kappa shape index (κ1) is 16.4. The van der Waals surface area contributed by atoms with Crippen LogP contribution in [0.3, 0.4) is 0 Å². The van der Waals surface area contributed by atoms with Gasteiger partial charge in [-0.3, -0.25) is 9.48 Å². The van der Waals surface area contributed by atoms with Crippen molar-refractivity contribution in [3.05, 3.63) is 81.7 Å². The van der Waals surface area contributed by atoms with Crippen molar-refractivity contribution in [3.63, 3.8) is 0 Å². The smallest absolute Gasteiger partial charge is 0.256 e. The molecule has 1 N–H and O–H groups in total. The van der Waals surface area contributed by atoms with E-state index in [4.69, 9.17) is 0 Å². The molecular weight excluding hydrogens is 373 g/mol. The monoisotopic (exact) mass is 387 g/mol. The number of carbonyl (C=O) groups is 1. The van der Waals surface area contributed by atoms with Crippen molar-refractivity contribution >= 4 is 27.7 Å². The lowest BCUT2D eigenvalue weighted by Gasteiger charge is -2.04. The molecular formula is C18H15BrFN3O. The van der Waals surface area contributed by atoms with Crippen molar-refractivity contribution in [1.82, 2.24) is 9.78 Å². The second-order valence-corrected chi connectivity index (χ2v) is 6.33. The van der Waals surface area contributed by atoms with Gasteiger partial charge in [0.15, 0.2) is 5.82 Å². The average Bonchev–Trinajstić information content (AvgIpc) is 2.89. The van der Waals surface area contributed by atoms with Gasteiger partial charge in [-0.1, -0.05) is 35.9 Å². The fraction of sp³-hybridized carbons (Fsp3) is 0.111. The van der Waals surface area contributed by atoms with E-state index in [9.17, 15) is 9.18 Å². The van der Waals surface area contributed by atoms with Gasteiger partial charge in [-0.15, -0.1) is 0 Å². The minimum Gasteiger partial charge on any atom is -0.304 e. The van der Waals surface area contributed by atoms with Crippen molar-refractivity contribution in [1.29, 1.82) is 0 Å². The summed E-state index contributed by atoms with van der Waals surface area (Å²) >= 11 is 3.39. The summed E-state index contributed by atoms with van der Waals surface area (Å²) < 4.78 is 15.6. The van der Waals surface area contributed by atoms with Gasteiger partial charge in [0.25, 0.3) is 5.91 Å². The summed E-state index contributed by atoms with van der Waals surface area (Å²) in [5.41, 5.74) is 2.55. The van der Waals surface area contributed by atoms with Gasteiger partial charge < -0.3 is 5.32 Å². The molecule has 0 aliphatic rings. The predicted octanol–water partition coefficient (Wildman–Crippen LogP) is 4.39. The van der Waals surface area contributed by atoms with E-state index in [2.05, 4.69) is 26.3 Å². The molecule has 1 amide bonds. The van der Waals surface area contributed by atoms with Gasteiger partial charge in [0.05, 0.1) is 11.0 Å². The highest BCUT2D eigenvalue weighted by Crippen LogP contribution is 2.21. The molecule has 0 saturated heterocycles. The molecule has 4 nitrogen and oxygen atoms in total. The highest BCUT2D eigenvalue weighted by molar-refractivity contribution is 9.10. The van der Waals surface area contributed by atoms with E-state index in [1.165, 1.54) is 23.8 Å². The Labute approximate surface area is 147 Å². The lowest BCUT2D eigenvalue weighted by Crippen LogP contribution is -2.13. The van der Waals surface area contributed by atoms with E-state index in [-0.39, 0.29) is 5.56 Å². The fourth-order valence-electron chi connectivity index (χ4n) is 2.25. The van der Waals surface area contributed by atoms with Gasteiger partial charge in [-0.05, 0) is 46.6 Å². The maximum atomic E-state index is 13.2. The molecule has 0 aliphatic carbocycles. The minimum absolute atomic E-state index is 0.245. The average molecular weight is 388 g/mol. The zero-order chi connectivity index (χ0) is 17.1. The number of hydrogen-bond acceptors (Lipinski definition) is 2. The highest BCUT2D eigenvalue weighted by atomic mass is 79.9. The Kier molecular flexibility index (Phi) is 4.76. The van der Waals surface area contributed by atoms with Crippen LogP contribution < -0.4 is 5.32 Å². The van der Waals surface area contributed by atoms with Crippen molar-refractivity contribution in [2.45, 2.75) is 13.5 Å². The van der Waals surface area contributed by atoms with Crippen molar-refractivity contribution in [2.24, 2.45) is 0 Å². The van der Waals surface area contributed by atoms with Crippen LogP contribution in [0.1, 0.15) is 21.5 Å². The van der Waals surface area contributed by atoms with Gasteiger partial charge >= 0.3 is 0 Å². The number of amides is 1. The first-order valence-corrected chi connectivity index (χ1v) is 8.16. The first-order valence-electron chi connectivity index (χ1n) is 7.37. The molecule has 0 saturated carbocycles. The molecule has 0 radical (unpaired) electrons. The lowest BCUT2D eigenvalue weighted by atomic mass is 10.1. The lowest BCUT2D eigenvalue weighted by molar-refractivity contribution is 0.102. The van der Waals surface area contributed by atoms with E-state index < -0.39 is 11.7 Å². The van der Waals surface area contributed by atoms with Crippen molar-refractivity contribution in [3.8, 4) is 0 Å². The van der Waals surface area contributed by atoms with E-state index in [1.807, 2.05) is 31.2 Å². The molecule has 2 aromatic carbocycles. The number of aryl methyl sites for hydroxylation is 1. The van der Waals surface area contributed by atoms with Gasteiger partial charge in [-0.25, -0.2) is 4.39 Å². The van der Waals surface area contributed by atoms with E-state index >= 15 is 0 Å². The molecule has 0 spiro atoms. The van der Waals surface area contributed by atoms with E-state index in [0.29, 0.717) is 16.8 Å². The summed E-state index contributed by atoms with van der Waals surface area (Å²) in [4.78, 5) is 12.2. The van der Waals surface area contributed by atoms with Crippen LogP contribution >= 0.6 is 15.9 Å². The second kappa shape index (κ2) is 6.97. The molecule has 0 bridgehead atoms. The second-order valence-electron chi connectivity index (χ2n) is 5.47. The Bertz CT molecular complexity index is 874. The maximum absolute atomic E-state index is 13.2. The Balaban J connectivity index is 1.74. The van der Waals surface area contributed by atoms with Crippen LogP contribution in [-0.4, -0.2) is 15.7 Å². The molecule has 0 atom stereocenters. The van der Waals surface area contributed by atoms with Gasteiger partial charge in [-0.2, -0.15) is 5.10 Å². The Morgan fingerprint density at radius 3 is 2.71 bits per heavy atom. The number of benzene rings is 2. The van der Waals surface area contributed by atoms with Crippen molar-refractivity contribution < 1.29 is 9.18 Å². The maximum Gasteiger partial charge on any atom is 0.256 e. The number of nitrogens with one attached hydrogen (secondary N) is 1. The summed E-state index contributed by atoms with van der Waals surface area (Å²) in [7, 11) is 0. The predicted molar refractivity (Wildman–Crippen MR) is 94.6 cm³/mol. The number of anilines is 1. The number of rotatable bonds is 4. The Morgan fingerprint density at radius 2 is 2.00 bits per heavy atom. The molecule has 1 aromatic heterocycles. The zero-order valence-electron chi connectivity index (χ0n) is 13.0. The molecule has 0 fully saturated rings. The molecule has 122 valence electrons. The van der Waals surface area contributed by atoms with E-state index in [1.54, 1.807) is 16.9 Å². The van der Waals surface area contributed by atoms with Gasteiger partial charge in [0.1, 0.15) is 5.82 Å². The number of nitrogens with zero attached hydrogens (tertiary/aromatic N) is 2. The Morgan fingerprint density at radius 1 is 1.25 bits per heavy atom. The normalized spacial score (nSPS) is 10.6. The van der Waals surface area contributed by atoms with Gasteiger partial charge in [0.2, 0.25) is 0 Å². The third-order valence-electron chi connectivity index (χ3n) is 3.50. The van der Waals surface area contributed by atoms with Crippen LogP contribution in [0.2, 0.25) is 0 Å².